The van der Waals surface area contributed by atoms with Crippen LogP contribution in [0.2, 0.25) is 5.02 Å². The molecule has 0 aliphatic heterocycles. The van der Waals surface area contributed by atoms with Gasteiger partial charge in [0.25, 0.3) is 0 Å². The van der Waals surface area contributed by atoms with E-state index in [2.05, 4.69) is 25.0 Å². The molecule has 1 amide bonds. The smallest absolute Gasteiger partial charge is 0.337 e. The Bertz CT molecular complexity index is 1230. The van der Waals surface area contributed by atoms with E-state index in [0.717, 1.165) is 17.8 Å². The number of aromatic nitrogens is 3. The van der Waals surface area contributed by atoms with Crippen molar-refractivity contribution >= 4 is 46.9 Å². The van der Waals surface area contributed by atoms with Gasteiger partial charge in [-0.05, 0) is 36.4 Å². The summed E-state index contributed by atoms with van der Waals surface area (Å²) < 4.78 is 29.7. The minimum absolute atomic E-state index is 0.0260. The van der Waals surface area contributed by atoms with Crippen LogP contribution in [0.3, 0.4) is 0 Å². The highest BCUT2D eigenvalue weighted by Gasteiger charge is 2.16. The van der Waals surface area contributed by atoms with Crippen molar-refractivity contribution in [2.75, 3.05) is 25.3 Å². The molecule has 0 aliphatic rings. The molecule has 1 N–H and O–H groups in total. The zero-order chi connectivity index (χ0) is 25.5. The molecule has 0 saturated heterocycles. The van der Waals surface area contributed by atoms with Crippen LogP contribution in [-0.4, -0.2) is 52.6 Å². The van der Waals surface area contributed by atoms with Crippen LogP contribution in [-0.2, 0) is 27.9 Å². The fraction of sp³-hybridized carbons (Fsp3) is 0.227. The van der Waals surface area contributed by atoms with Crippen LogP contribution in [0.1, 0.15) is 26.5 Å². The number of nitrogens with one attached hydrogen (secondary N) is 1. The lowest BCUT2D eigenvalue weighted by Gasteiger charge is -2.10. The van der Waals surface area contributed by atoms with Crippen molar-refractivity contribution in [3.63, 3.8) is 0 Å². The van der Waals surface area contributed by atoms with Crippen LogP contribution < -0.4 is 10.1 Å². The summed E-state index contributed by atoms with van der Waals surface area (Å²) in [7, 11) is 4.11. The summed E-state index contributed by atoms with van der Waals surface area (Å²) in [6.45, 7) is 0.0260. The van der Waals surface area contributed by atoms with E-state index in [0.29, 0.717) is 16.7 Å². The van der Waals surface area contributed by atoms with Crippen LogP contribution in [0.25, 0.3) is 0 Å². The number of anilines is 1. The predicted octanol–water partition coefficient (Wildman–Crippen LogP) is 3.49. The second-order valence-electron chi connectivity index (χ2n) is 6.94. The van der Waals surface area contributed by atoms with Gasteiger partial charge in [-0.3, -0.25) is 4.79 Å². The second-order valence-corrected chi connectivity index (χ2v) is 8.29. The first-order chi connectivity index (χ1) is 16.7. The number of methoxy groups -OCH3 is 2. The van der Waals surface area contributed by atoms with Gasteiger partial charge in [0.2, 0.25) is 5.91 Å². The van der Waals surface area contributed by atoms with Crippen molar-refractivity contribution in [3.8, 4) is 5.75 Å². The van der Waals surface area contributed by atoms with Gasteiger partial charge in [-0.25, -0.2) is 14.0 Å². The molecule has 0 aliphatic carbocycles. The third-order valence-corrected chi connectivity index (χ3v) is 5.88. The van der Waals surface area contributed by atoms with E-state index >= 15 is 0 Å². The summed E-state index contributed by atoms with van der Waals surface area (Å²) in [6, 6.07) is 7.87. The van der Waals surface area contributed by atoms with Crippen LogP contribution in [0.5, 0.6) is 5.75 Å². The molecule has 0 spiro atoms. The number of carbonyl (C=O) groups excluding carboxylic acids is 3. The molecular weight excluding hydrogens is 503 g/mol. The molecule has 0 unspecified atom stereocenters. The molecule has 0 fully saturated rings. The van der Waals surface area contributed by atoms with E-state index < -0.39 is 23.7 Å². The van der Waals surface area contributed by atoms with Gasteiger partial charge in [-0.1, -0.05) is 23.4 Å². The van der Waals surface area contributed by atoms with Crippen LogP contribution in [0, 0.1) is 5.82 Å². The summed E-state index contributed by atoms with van der Waals surface area (Å²) in [5.74, 6) is -1.50. The Kier molecular flexibility index (Phi) is 8.66. The predicted molar refractivity (Wildman–Crippen MR) is 125 cm³/mol. The number of rotatable bonds is 9. The normalized spacial score (nSPS) is 10.5. The zero-order valence-corrected chi connectivity index (χ0v) is 20.4. The first-order valence-corrected chi connectivity index (χ1v) is 11.3. The molecule has 35 heavy (non-hydrogen) atoms. The Labute approximate surface area is 208 Å². The summed E-state index contributed by atoms with van der Waals surface area (Å²) in [6.07, 6.45) is 0. The molecule has 3 rings (SSSR count). The van der Waals surface area contributed by atoms with Gasteiger partial charge in [0.15, 0.2) is 11.0 Å². The molecule has 0 bridgehead atoms. The van der Waals surface area contributed by atoms with E-state index in [-0.39, 0.29) is 34.2 Å². The number of amides is 1. The van der Waals surface area contributed by atoms with Gasteiger partial charge in [0, 0.05) is 12.7 Å². The van der Waals surface area contributed by atoms with Crippen LogP contribution >= 0.6 is 23.4 Å². The molecule has 1 aromatic heterocycles. The molecule has 0 atom stereocenters. The number of hydrogen-bond donors (Lipinski definition) is 1. The van der Waals surface area contributed by atoms with Gasteiger partial charge >= 0.3 is 11.9 Å². The van der Waals surface area contributed by atoms with Crippen molar-refractivity contribution in [1.82, 2.24) is 14.8 Å². The molecular formula is C22H20ClFN4O6S. The number of hydrogen-bond acceptors (Lipinski definition) is 9. The lowest BCUT2D eigenvalue weighted by Crippen LogP contribution is -2.16. The number of carbonyl (C=O) groups is 3. The fourth-order valence-electron chi connectivity index (χ4n) is 2.83. The third-order valence-electron chi connectivity index (χ3n) is 4.57. The molecule has 0 saturated carbocycles. The van der Waals surface area contributed by atoms with E-state index in [1.807, 2.05) is 0 Å². The SMILES string of the molecule is COC(=O)c1cc(NC(=O)CSc2nnc(COc3ccc(F)cc3Cl)n2C)cc(C(=O)OC)c1. The molecule has 13 heteroatoms. The van der Waals surface area contributed by atoms with Gasteiger partial charge in [-0.2, -0.15) is 0 Å². The standard InChI is InChI=1S/C22H20ClFN4O6S/c1-28-18(10-34-17-5-4-14(24)9-16(17)23)26-27-22(28)35-11-19(29)25-15-7-12(20(30)32-2)6-13(8-15)21(31)33-3/h4-9H,10-11H2,1-3H3,(H,25,29). The maximum Gasteiger partial charge on any atom is 0.337 e. The monoisotopic (exact) mass is 522 g/mol. The summed E-state index contributed by atoms with van der Waals surface area (Å²) in [5.41, 5.74) is 0.386. The largest absolute Gasteiger partial charge is 0.484 e. The highest BCUT2D eigenvalue weighted by molar-refractivity contribution is 7.99. The van der Waals surface area contributed by atoms with Crippen LogP contribution in [0.4, 0.5) is 10.1 Å². The number of esters is 2. The topological polar surface area (TPSA) is 122 Å². The fourth-order valence-corrected chi connectivity index (χ4v) is 3.78. The summed E-state index contributed by atoms with van der Waals surface area (Å²) in [4.78, 5) is 36.3. The molecule has 0 radical (unpaired) electrons. The quantitative estimate of drug-likeness (QED) is 0.332. The Morgan fingerprint density at radius 3 is 2.31 bits per heavy atom. The first kappa shape index (κ1) is 26.0. The minimum atomic E-state index is -0.670. The van der Waals surface area contributed by atoms with Crippen molar-refractivity contribution in [3.05, 3.63) is 64.2 Å². The number of ether oxygens (including phenoxy) is 3. The Morgan fingerprint density at radius 1 is 1.06 bits per heavy atom. The Morgan fingerprint density at radius 2 is 1.71 bits per heavy atom. The van der Waals surface area contributed by atoms with E-state index in [1.54, 1.807) is 11.6 Å². The van der Waals surface area contributed by atoms with Crippen molar-refractivity contribution in [2.45, 2.75) is 11.8 Å². The molecule has 2 aromatic carbocycles. The van der Waals surface area contributed by atoms with Crippen LogP contribution in [0.15, 0.2) is 41.6 Å². The number of thioether (sulfide) groups is 1. The number of benzene rings is 2. The van der Waals surface area contributed by atoms with Gasteiger partial charge in [0.1, 0.15) is 18.2 Å². The highest BCUT2D eigenvalue weighted by atomic mass is 35.5. The first-order valence-electron chi connectivity index (χ1n) is 9.92. The number of halogens is 2. The van der Waals surface area contributed by atoms with Gasteiger partial charge < -0.3 is 24.1 Å². The average molecular weight is 523 g/mol. The highest BCUT2D eigenvalue weighted by Crippen LogP contribution is 2.26. The summed E-state index contributed by atoms with van der Waals surface area (Å²) >= 11 is 7.07. The Balaban J connectivity index is 1.62. The summed E-state index contributed by atoms with van der Waals surface area (Å²) in [5, 5.41) is 11.3. The molecule has 3 aromatic rings. The molecule has 10 nitrogen and oxygen atoms in total. The van der Waals surface area contributed by atoms with Crippen molar-refractivity contribution in [2.24, 2.45) is 7.05 Å². The second kappa shape index (κ2) is 11.7. The molecule has 184 valence electrons. The van der Waals surface area contributed by atoms with Crippen molar-refractivity contribution < 1.29 is 33.0 Å². The lowest BCUT2D eigenvalue weighted by molar-refractivity contribution is -0.113. The molecule has 1 heterocycles. The minimum Gasteiger partial charge on any atom is -0.484 e. The maximum absolute atomic E-state index is 13.2. The van der Waals surface area contributed by atoms with Gasteiger partial charge in [-0.15, -0.1) is 10.2 Å². The Hall–Kier alpha value is -3.64. The zero-order valence-electron chi connectivity index (χ0n) is 18.8. The van der Waals surface area contributed by atoms with E-state index in [4.69, 9.17) is 16.3 Å². The van der Waals surface area contributed by atoms with Gasteiger partial charge in [0.05, 0.1) is 36.1 Å². The van der Waals surface area contributed by atoms with E-state index in [1.165, 1.54) is 44.6 Å². The van der Waals surface area contributed by atoms with Crippen molar-refractivity contribution in [1.29, 1.82) is 0 Å². The van der Waals surface area contributed by atoms with E-state index in [9.17, 15) is 18.8 Å². The lowest BCUT2D eigenvalue weighted by atomic mass is 10.1. The number of nitrogens with zero attached hydrogens (tertiary/aromatic N) is 3. The third kappa shape index (κ3) is 6.70. The maximum atomic E-state index is 13.2. The average Bonchev–Trinajstić information content (AvgIpc) is 3.20.